The van der Waals surface area contributed by atoms with E-state index in [1.54, 1.807) is 32.9 Å². The van der Waals surface area contributed by atoms with Crippen molar-refractivity contribution in [2.45, 2.75) is 95.5 Å². The molecule has 0 aromatic heterocycles. The molecular weight excluding hydrogens is 626 g/mol. The number of amides is 4. The van der Waals surface area contributed by atoms with Gasteiger partial charge in [-0.3, -0.25) is 19.2 Å². The Morgan fingerprint density at radius 3 is 2.54 bits per heavy atom. The molecule has 4 heterocycles. The number of oxime groups is 1. The lowest BCUT2D eigenvalue weighted by atomic mass is 9.80. The zero-order valence-electron chi connectivity index (χ0n) is 27.5. The first-order valence-corrected chi connectivity index (χ1v) is 16.5. The van der Waals surface area contributed by atoms with Crippen LogP contribution < -0.4 is 25.8 Å². The Morgan fingerprint density at radius 1 is 1.10 bits per heavy atom. The second-order valence-electron chi connectivity index (χ2n) is 14.4. The van der Waals surface area contributed by atoms with E-state index in [1.807, 2.05) is 6.07 Å². The van der Waals surface area contributed by atoms with Crippen LogP contribution in [0.4, 0.5) is 4.79 Å². The second-order valence-corrected chi connectivity index (χ2v) is 14.4. The number of hydrogen-bond donors (Lipinski definition) is 3. The average Bonchev–Trinajstić information content (AvgIpc) is 3.83. The van der Waals surface area contributed by atoms with Crippen molar-refractivity contribution < 1.29 is 47.8 Å². The van der Waals surface area contributed by atoms with Crippen LogP contribution in [0.25, 0.3) is 0 Å². The Labute approximate surface area is 278 Å². The van der Waals surface area contributed by atoms with Gasteiger partial charge in [0.2, 0.25) is 24.4 Å². The topological polar surface area (TPSA) is 197 Å². The number of benzene rings is 1. The van der Waals surface area contributed by atoms with Crippen molar-refractivity contribution in [2.24, 2.45) is 22.2 Å². The highest BCUT2D eigenvalue weighted by atomic mass is 16.7. The Balaban J connectivity index is 1.25. The average molecular weight is 670 g/mol. The van der Waals surface area contributed by atoms with Gasteiger partial charge in [0.05, 0.1) is 31.5 Å². The first-order valence-electron chi connectivity index (χ1n) is 16.5. The van der Waals surface area contributed by atoms with Crippen LogP contribution in [0.2, 0.25) is 0 Å². The molecule has 0 bridgehead atoms. The Morgan fingerprint density at radius 2 is 1.88 bits per heavy atom. The number of nitrogens with one attached hydrogen (secondary N) is 2. The standard InChI is InChI=1S/C33H43N5O10/c1-32(2,3)27(36-31(43)47-20-9-10-44-15-20)30(42)38-16-33(13-22(37-48-33)19-7-8-24-25(12-19)46-17-45-24)14-23(38)29(41)35-21(26(39)28(34)40)11-18-5-4-6-18/h7-8,12,18,20-21,23,27H,4-6,9-11,13-17H2,1-3H3,(H2,34,40)(H,35,41)(H,36,43)/t20-,21?,23-,27+,33+/m0/s1. The van der Waals surface area contributed by atoms with Gasteiger partial charge in [-0.1, -0.05) is 45.2 Å². The van der Waals surface area contributed by atoms with Gasteiger partial charge < -0.3 is 45.1 Å². The minimum atomic E-state index is -1.14. The minimum Gasteiger partial charge on any atom is -0.454 e. The van der Waals surface area contributed by atoms with E-state index in [2.05, 4.69) is 15.8 Å². The number of likely N-dealkylation sites (tertiary alicyclic amines) is 1. The van der Waals surface area contributed by atoms with Crippen molar-refractivity contribution in [1.82, 2.24) is 15.5 Å². The summed E-state index contributed by atoms with van der Waals surface area (Å²) in [7, 11) is 0. The van der Waals surface area contributed by atoms with E-state index in [4.69, 9.17) is 29.5 Å². The summed E-state index contributed by atoms with van der Waals surface area (Å²) in [6, 6.07) is 2.08. The molecule has 0 radical (unpaired) electrons. The van der Waals surface area contributed by atoms with Gasteiger partial charge in [0.15, 0.2) is 17.1 Å². The molecule has 1 unspecified atom stereocenters. The molecule has 4 N–H and O–H groups in total. The Hall–Kier alpha value is -4.40. The van der Waals surface area contributed by atoms with Gasteiger partial charge >= 0.3 is 6.09 Å². The number of ether oxygens (including phenoxy) is 4. The van der Waals surface area contributed by atoms with Gasteiger partial charge in [0.1, 0.15) is 18.2 Å². The maximum absolute atomic E-state index is 14.4. The molecule has 4 aliphatic heterocycles. The van der Waals surface area contributed by atoms with E-state index in [0.29, 0.717) is 30.2 Å². The summed E-state index contributed by atoms with van der Waals surface area (Å²) in [5, 5.41) is 9.82. The lowest BCUT2D eigenvalue weighted by molar-refractivity contribution is -0.144. The molecule has 5 aliphatic rings. The molecule has 1 saturated carbocycles. The third kappa shape index (κ3) is 7.05. The number of rotatable bonds is 10. The van der Waals surface area contributed by atoms with Crippen LogP contribution in [-0.4, -0.2) is 96.6 Å². The lowest BCUT2D eigenvalue weighted by Gasteiger charge is -2.35. The predicted molar refractivity (Wildman–Crippen MR) is 168 cm³/mol. The summed E-state index contributed by atoms with van der Waals surface area (Å²) in [5.74, 6) is -1.83. The molecule has 1 spiro atoms. The molecule has 6 rings (SSSR count). The zero-order chi connectivity index (χ0) is 34.2. The van der Waals surface area contributed by atoms with E-state index in [1.165, 1.54) is 4.90 Å². The number of hydrogen-bond acceptors (Lipinski definition) is 11. The number of alkyl carbamates (subject to hydrolysis) is 1. The SMILES string of the molecule is CC(C)(C)[C@H](NC(=O)O[C@H]1CCOC1)C(=O)N1C[C@@]2(CC(c3ccc4c(c3)OCO4)=NO2)C[C@H]1C(=O)NC(CC1CCC1)C(=O)C(N)=O. The smallest absolute Gasteiger partial charge is 0.408 e. The van der Waals surface area contributed by atoms with E-state index in [-0.39, 0.29) is 45.1 Å². The predicted octanol–water partition coefficient (Wildman–Crippen LogP) is 1.54. The fourth-order valence-corrected chi connectivity index (χ4v) is 6.82. The van der Waals surface area contributed by atoms with Crippen molar-refractivity contribution in [1.29, 1.82) is 0 Å². The van der Waals surface area contributed by atoms with E-state index < -0.39 is 64.8 Å². The summed E-state index contributed by atoms with van der Waals surface area (Å²) in [6.45, 7) is 6.21. The third-order valence-corrected chi connectivity index (χ3v) is 9.74. The highest BCUT2D eigenvalue weighted by Gasteiger charge is 2.56. The normalized spacial score (nSPS) is 25.9. The molecule has 1 aliphatic carbocycles. The number of ketones is 1. The summed E-state index contributed by atoms with van der Waals surface area (Å²) in [5.41, 5.74) is 4.82. The maximum atomic E-state index is 14.4. The summed E-state index contributed by atoms with van der Waals surface area (Å²) >= 11 is 0. The number of nitrogens with zero attached hydrogens (tertiary/aromatic N) is 2. The van der Waals surface area contributed by atoms with Crippen LogP contribution in [-0.2, 0) is 33.5 Å². The summed E-state index contributed by atoms with van der Waals surface area (Å²) in [4.78, 5) is 73.6. The number of Topliss-reactive ketones (excluding diaryl/α,β-unsaturated/α-hetero) is 1. The molecular formula is C33H43N5O10. The summed E-state index contributed by atoms with van der Waals surface area (Å²) in [6.07, 6.45) is 2.70. The largest absolute Gasteiger partial charge is 0.454 e. The molecule has 1 aromatic rings. The maximum Gasteiger partial charge on any atom is 0.408 e. The highest BCUT2D eigenvalue weighted by molar-refractivity contribution is 6.37. The van der Waals surface area contributed by atoms with Gasteiger partial charge in [0.25, 0.3) is 5.91 Å². The lowest BCUT2D eigenvalue weighted by Crippen LogP contribution is -2.59. The van der Waals surface area contributed by atoms with Crippen molar-refractivity contribution in [3.05, 3.63) is 23.8 Å². The van der Waals surface area contributed by atoms with E-state index in [9.17, 15) is 24.0 Å². The Kier molecular flexibility index (Phi) is 9.25. The molecule has 260 valence electrons. The van der Waals surface area contributed by atoms with Gasteiger partial charge in [-0.15, -0.1) is 0 Å². The molecule has 5 atom stereocenters. The number of carbonyl (C=O) groups excluding carboxylic acids is 5. The fraction of sp³-hybridized carbons (Fsp3) is 0.636. The fourth-order valence-electron chi connectivity index (χ4n) is 6.82. The van der Waals surface area contributed by atoms with E-state index >= 15 is 0 Å². The molecule has 15 heteroatoms. The van der Waals surface area contributed by atoms with Crippen LogP contribution in [0.1, 0.15) is 71.3 Å². The Bertz CT molecular complexity index is 1500. The monoisotopic (exact) mass is 669 g/mol. The van der Waals surface area contributed by atoms with Gasteiger partial charge in [-0.2, -0.15) is 0 Å². The van der Waals surface area contributed by atoms with E-state index in [0.717, 1.165) is 24.8 Å². The zero-order valence-corrected chi connectivity index (χ0v) is 27.5. The van der Waals surface area contributed by atoms with Gasteiger partial charge in [0, 0.05) is 24.8 Å². The van der Waals surface area contributed by atoms with Crippen LogP contribution in [0.3, 0.4) is 0 Å². The first-order chi connectivity index (χ1) is 22.8. The van der Waals surface area contributed by atoms with Gasteiger partial charge in [-0.05, 0) is 36.0 Å². The molecule has 15 nitrogen and oxygen atoms in total. The molecule has 48 heavy (non-hydrogen) atoms. The van der Waals surface area contributed by atoms with Crippen molar-refractivity contribution in [3.63, 3.8) is 0 Å². The number of fused-ring (bicyclic) bond motifs is 1. The van der Waals surface area contributed by atoms with Crippen molar-refractivity contribution in [3.8, 4) is 11.5 Å². The number of carbonyl (C=O) groups is 5. The van der Waals surface area contributed by atoms with Crippen LogP contribution in [0, 0.1) is 11.3 Å². The molecule has 1 aromatic carbocycles. The van der Waals surface area contributed by atoms with Crippen molar-refractivity contribution >= 4 is 35.3 Å². The van der Waals surface area contributed by atoms with Gasteiger partial charge in [-0.25, -0.2) is 4.79 Å². The third-order valence-electron chi connectivity index (χ3n) is 9.74. The van der Waals surface area contributed by atoms with Crippen LogP contribution >= 0.6 is 0 Å². The van der Waals surface area contributed by atoms with Crippen LogP contribution in [0.5, 0.6) is 11.5 Å². The quantitative estimate of drug-likeness (QED) is 0.307. The second kappa shape index (κ2) is 13.2. The molecule has 2 saturated heterocycles. The number of nitrogens with two attached hydrogens (primary N) is 1. The molecule has 4 amide bonds. The minimum absolute atomic E-state index is 0.0295. The van der Waals surface area contributed by atoms with Crippen molar-refractivity contribution in [2.75, 3.05) is 26.6 Å². The molecule has 3 fully saturated rings. The van der Waals surface area contributed by atoms with Crippen LogP contribution in [0.15, 0.2) is 23.4 Å². The number of primary amides is 1. The highest BCUT2D eigenvalue weighted by Crippen LogP contribution is 2.41. The summed E-state index contributed by atoms with van der Waals surface area (Å²) < 4.78 is 21.7. The first kappa shape index (κ1) is 33.5.